The van der Waals surface area contributed by atoms with E-state index >= 15 is 0 Å². The standard InChI is InChI=1S/C21H37N3O4/c1-21(2,3)28-20(26)23-9-6-17(7-10-23)24-12-11-22-8-5-16(13-18(22)15-24)14-19(25)27-4/h16-18H,5-15H2,1-4H3/t16?,18-/m1/s1. The van der Waals surface area contributed by atoms with E-state index in [9.17, 15) is 9.59 Å². The first-order valence-corrected chi connectivity index (χ1v) is 10.8. The highest BCUT2D eigenvalue weighted by Gasteiger charge is 2.37. The molecular formula is C21H37N3O4. The third-order valence-electron chi connectivity index (χ3n) is 6.38. The molecule has 1 unspecified atom stereocenters. The Labute approximate surface area is 169 Å². The number of amides is 1. The smallest absolute Gasteiger partial charge is 0.410 e. The number of esters is 1. The fourth-order valence-electron chi connectivity index (χ4n) is 4.86. The van der Waals surface area contributed by atoms with Gasteiger partial charge in [-0.3, -0.25) is 14.6 Å². The third kappa shape index (κ3) is 5.60. The first-order valence-electron chi connectivity index (χ1n) is 10.8. The van der Waals surface area contributed by atoms with E-state index in [-0.39, 0.29) is 12.1 Å². The van der Waals surface area contributed by atoms with Gasteiger partial charge in [-0.1, -0.05) is 0 Å². The van der Waals surface area contributed by atoms with Gasteiger partial charge in [0, 0.05) is 51.2 Å². The second kappa shape index (κ2) is 8.99. The number of piperazine rings is 1. The second-order valence-electron chi connectivity index (χ2n) is 9.55. The summed E-state index contributed by atoms with van der Waals surface area (Å²) >= 11 is 0. The summed E-state index contributed by atoms with van der Waals surface area (Å²) in [6.07, 6.45) is 4.57. The fourth-order valence-corrected chi connectivity index (χ4v) is 4.86. The summed E-state index contributed by atoms with van der Waals surface area (Å²) in [6.45, 7) is 11.7. The van der Waals surface area contributed by atoms with Crippen LogP contribution in [-0.4, -0.2) is 90.8 Å². The minimum Gasteiger partial charge on any atom is -0.469 e. The molecule has 3 aliphatic heterocycles. The van der Waals surface area contributed by atoms with Crippen molar-refractivity contribution in [1.29, 1.82) is 0 Å². The molecule has 7 heteroatoms. The number of fused-ring (bicyclic) bond motifs is 1. The molecule has 0 aromatic carbocycles. The zero-order chi connectivity index (χ0) is 20.3. The number of ether oxygens (including phenoxy) is 2. The maximum Gasteiger partial charge on any atom is 0.410 e. The van der Waals surface area contributed by atoms with Gasteiger partial charge in [0.05, 0.1) is 7.11 Å². The largest absolute Gasteiger partial charge is 0.469 e. The Morgan fingerprint density at radius 3 is 2.25 bits per heavy atom. The third-order valence-corrected chi connectivity index (χ3v) is 6.38. The number of likely N-dealkylation sites (tertiary alicyclic amines) is 1. The van der Waals surface area contributed by atoms with E-state index in [0.717, 1.165) is 65.0 Å². The molecule has 3 heterocycles. The molecule has 3 rings (SSSR count). The summed E-state index contributed by atoms with van der Waals surface area (Å²) in [4.78, 5) is 31.0. The molecule has 3 aliphatic rings. The number of hydrogen-bond acceptors (Lipinski definition) is 6. The summed E-state index contributed by atoms with van der Waals surface area (Å²) in [5.41, 5.74) is -0.439. The van der Waals surface area contributed by atoms with Gasteiger partial charge in [0.15, 0.2) is 0 Å². The van der Waals surface area contributed by atoms with Crippen LogP contribution in [0.15, 0.2) is 0 Å². The van der Waals surface area contributed by atoms with Crippen molar-refractivity contribution >= 4 is 12.1 Å². The average molecular weight is 396 g/mol. The van der Waals surface area contributed by atoms with Crippen LogP contribution in [0.5, 0.6) is 0 Å². The lowest BCUT2D eigenvalue weighted by molar-refractivity contribution is -0.142. The predicted octanol–water partition coefficient (Wildman–Crippen LogP) is 2.35. The second-order valence-corrected chi connectivity index (χ2v) is 9.55. The van der Waals surface area contributed by atoms with E-state index in [1.807, 2.05) is 25.7 Å². The lowest BCUT2D eigenvalue weighted by Crippen LogP contribution is -2.59. The summed E-state index contributed by atoms with van der Waals surface area (Å²) in [6, 6.07) is 1.09. The molecule has 0 bridgehead atoms. The summed E-state index contributed by atoms with van der Waals surface area (Å²) in [7, 11) is 1.48. The molecule has 0 radical (unpaired) electrons. The van der Waals surface area contributed by atoms with Crippen molar-refractivity contribution in [3.05, 3.63) is 0 Å². The van der Waals surface area contributed by atoms with E-state index in [2.05, 4.69) is 9.80 Å². The van der Waals surface area contributed by atoms with Gasteiger partial charge in [0.2, 0.25) is 0 Å². The molecule has 2 atom stereocenters. The predicted molar refractivity (Wildman–Crippen MR) is 107 cm³/mol. The summed E-state index contributed by atoms with van der Waals surface area (Å²) < 4.78 is 10.4. The summed E-state index contributed by atoms with van der Waals surface area (Å²) in [5.74, 6) is 0.364. The molecular weight excluding hydrogens is 358 g/mol. The minimum atomic E-state index is -0.439. The number of carbonyl (C=O) groups is 2. The fraction of sp³-hybridized carbons (Fsp3) is 0.905. The van der Waals surface area contributed by atoms with E-state index in [1.165, 1.54) is 7.11 Å². The van der Waals surface area contributed by atoms with Crippen LogP contribution in [0.1, 0.15) is 52.9 Å². The number of piperidine rings is 2. The quantitative estimate of drug-likeness (QED) is 0.684. The molecule has 0 aromatic heterocycles. The van der Waals surface area contributed by atoms with Crippen LogP contribution >= 0.6 is 0 Å². The van der Waals surface area contributed by atoms with Crippen LogP contribution in [0.2, 0.25) is 0 Å². The van der Waals surface area contributed by atoms with Crippen LogP contribution in [0.3, 0.4) is 0 Å². The van der Waals surface area contributed by atoms with Gasteiger partial charge in [-0.25, -0.2) is 4.79 Å². The van der Waals surface area contributed by atoms with E-state index in [1.54, 1.807) is 0 Å². The van der Waals surface area contributed by atoms with E-state index < -0.39 is 5.60 Å². The molecule has 0 aromatic rings. The first kappa shape index (κ1) is 21.4. The molecule has 0 aliphatic carbocycles. The zero-order valence-corrected chi connectivity index (χ0v) is 18.0. The molecule has 1 amide bonds. The van der Waals surface area contributed by atoms with Crippen LogP contribution in [0.25, 0.3) is 0 Å². The zero-order valence-electron chi connectivity index (χ0n) is 18.0. The molecule has 0 spiro atoms. The van der Waals surface area contributed by atoms with Gasteiger partial charge in [0.25, 0.3) is 0 Å². The van der Waals surface area contributed by atoms with Crippen molar-refractivity contribution in [1.82, 2.24) is 14.7 Å². The highest BCUT2D eigenvalue weighted by molar-refractivity contribution is 5.69. The lowest BCUT2D eigenvalue weighted by Gasteiger charge is -2.49. The van der Waals surface area contributed by atoms with Crippen molar-refractivity contribution in [2.75, 3.05) is 46.4 Å². The van der Waals surface area contributed by atoms with Crippen molar-refractivity contribution in [3.8, 4) is 0 Å². The van der Waals surface area contributed by atoms with Crippen molar-refractivity contribution in [3.63, 3.8) is 0 Å². The van der Waals surface area contributed by atoms with Gasteiger partial charge >= 0.3 is 12.1 Å². The van der Waals surface area contributed by atoms with Crippen molar-refractivity contribution in [2.45, 2.75) is 70.6 Å². The topological polar surface area (TPSA) is 62.3 Å². The van der Waals surface area contributed by atoms with E-state index in [0.29, 0.717) is 24.4 Å². The Bertz CT molecular complexity index is 554. The molecule has 160 valence electrons. The number of carbonyl (C=O) groups excluding carboxylic acids is 2. The molecule has 0 N–H and O–H groups in total. The highest BCUT2D eigenvalue weighted by atomic mass is 16.6. The van der Waals surface area contributed by atoms with Gasteiger partial charge in [-0.05, 0) is 58.9 Å². The van der Waals surface area contributed by atoms with Crippen molar-refractivity contribution in [2.24, 2.45) is 5.92 Å². The number of nitrogens with zero attached hydrogens (tertiary/aromatic N) is 3. The summed E-state index contributed by atoms with van der Waals surface area (Å²) in [5, 5.41) is 0. The van der Waals surface area contributed by atoms with E-state index in [4.69, 9.17) is 9.47 Å². The number of hydrogen-bond donors (Lipinski definition) is 0. The van der Waals surface area contributed by atoms with Gasteiger partial charge in [0.1, 0.15) is 5.60 Å². The Hall–Kier alpha value is -1.34. The van der Waals surface area contributed by atoms with Crippen LogP contribution < -0.4 is 0 Å². The molecule has 28 heavy (non-hydrogen) atoms. The Morgan fingerprint density at radius 1 is 0.929 bits per heavy atom. The SMILES string of the molecule is COC(=O)CC1CCN2CCN(C3CCN(C(=O)OC(C)(C)C)CC3)C[C@H]2C1. The maximum absolute atomic E-state index is 12.3. The van der Waals surface area contributed by atoms with Gasteiger partial charge in [-0.15, -0.1) is 0 Å². The Morgan fingerprint density at radius 2 is 1.61 bits per heavy atom. The maximum atomic E-state index is 12.3. The van der Waals surface area contributed by atoms with Crippen LogP contribution in [0, 0.1) is 5.92 Å². The van der Waals surface area contributed by atoms with Gasteiger partial charge in [-0.2, -0.15) is 0 Å². The number of methoxy groups -OCH3 is 1. The molecule has 7 nitrogen and oxygen atoms in total. The Kier molecular flexibility index (Phi) is 6.86. The first-order chi connectivity index (χ1) is 13.2. The monoisotopic (exact) mass is 395 g/mol. The normalized spacial score (nSPS) is 27.9. The van der Waals surface area contributed by atoms with Crippen LogP contribution in [0.4, 0.5) is 4.79 Å². The Balaban J connectivity index is 1.47. The minimum absolute atomic E-state index is 0.0827. The highest BCUT2D eigenvalue weighted by Crippen LogP contribution is 2.30. The molecule has 0 saturated carbocycles. The lowest BCUT2D eigenvalue weighted by atomic mass is 9.86. The molecule has 3 saturated heterocycles. The number of rotatable bonds is 3. The van der Waals surface area contributed by atoms with Crippen LogP contribution in [-0.2, 0) is 14.3 Å². The molecule has 3 fully saturated rings. The van der Waals surface area contributed by atoms with Gasteiger partial charge < -0.3 is 14.4 Å². The average Bonchev–Trinajstić information content (AvgIpc) is 2.66. The van der Waals surface area contributed by atoms with Crippen molar-refractivity contribution < 1.29 is 19.1 Å².